The molecule has 1 unspecified atom stereocenters. The molecule has 1 saturated heterocycles. The molecule has 3 rings (SSSR count). The summed E-state index contributed by atoms with van der Waals surface area (Å²) in [5, 5.41) is 12.1. The van der Waals surface area contributed by atoms with Crippen LogP contribution < -0.4 is 5.73 Å². The number of nitrogens with two attached hydrogens (primary N) is 1. The quantitative estimate of drug-likeness (QED) is 0.872. The van der Waals surface area contributed by atoms with Crippen molar-refractivity contribution in [3.05, 3.63) is 23.8 Å². The molecule has 1 atom stereocenters. The number of aromatic nitrogens is 4. The molecule has 21 heavy (non-hydrogen) atoms. The van der Waals surface area contributed by atoms with Gasteiger partial charge < -0.3 is 10.5 Å². The minimum absolute atomic E-state index is 0.336. The number of rotatable bonds is 4. The van der Waals surface area contributed by atoms with Crippen LogP contribution in [0.25, 0.3) is 11.4 Å². The lowest BCUT2D eigenvalue weighted by molar-refractivity contribution is 0.00828. The molecule has 112 valence electrons. The third-order valence-corrected chi connectivity index (χ3v) is 3.96. The van der Waals surface area contributed by atoms with E-state index in [1.807, 2.05) is 29.8 Å². The number of hydrogen-bond acceptors (Lipinski definition) is 5. The van der Waals surface area contributed by atoms with E-state index >= 15 is 0 Å². The van der Waals surface area contributed by atoms with Gasteiger partial charge in [0.2, 0.25) is 0 Å². The van der Waals surface area contributed by atoms with Gasteiger partial charge in [-0.2, -0.15) is 0 Å². The summed E-state index contributed by atoms with van der Waals surface area (Å²) in [6.45, 7) is 3.68. The average molecular weight is 287 g/mol. The van der Waals surface area contributed by atoms with E-state index in [1.165, 1.54) is 12.8 Å². The summed E-state index contributed by atoms with van der Waals surface area (Å²) in [6.07, 6.45) is 4.86. The molecule has 6 heteroatoms. The van der Waals surface area contributed by atoms with Gasteiger partial charge in [0.05, 0.1) is 6.10 Å². The van der Waals surface area contributed by atoms with Crippen molar-refractivity contribution in [2.45, 2.75) is 45.3 Å². The Bertz CT molecular complexity index is 604. The normalized spacial score (nSPS) is 18.8. The first kappa shape index (κ1) is 14.0. The fraction of sp³-hybridized carbons (Fsp3) is 0.533. The molecule has 2 aromatic rings. The number of nitrogens with zero attached hydrogens (tertiary/aromatic N) is 4. The van der Waals surface area contributed by atoms with E-state index in [4.69, 9.17) is 10.5 Å². The van der Waals surface area contributed by atoms with Crippen molar-refractivity contribution in [3.8, 4) is 11.4 Å². The van der Waals surface area contributed by atoms with Crippen LogP contribution in [0.1, 0.15) is 31.2 Å². The predicted molar refractivity (Wildman–Crippen MR) is 80.6 cm³/mol. The summed E-state index contributed by atoms with van der Waals surface area (Å²) in [5.74, 6) is 0.795. The Morgan fingerprint density at radius 3 is 3.05 bits per heavy atom. The van der Waals surface area contributed by atoms with E-state index < -0.39 is 0 Å². The average Bonchev–Trinajstić information content (AvgIpc) is 2.94. The molecule has 1 aromatic carbocycles. The zero-order valence-corrected chi connectivity index (χ0v) is 12.3. The molecule has 1 aromatic heterocycles. The molecular weight excluding hydrogens is 266 g/mol. The Balaban J connectivity index is 1.74. The molecule has 0 aliphatic carbocycles. The first-order chi connectivity index (χ1) is 10.2. The minimum Gasteiger partial charge on any atom is -0.399 e. The summed E-state index contributed by atoms with van der Waals surface area (Å²) >= 11 is 0. The van der Waals surface area contributed by atoms with Crippen molar-refractivity contribution in [2.75, 3.05) is 12.3 Å². The van der Waals surface area contributed by atoms with Gasteiger partial charge in [0.1, 0.15) is 0 Å². The maximum atomic E-state index is 5.80. The number of tetrazole rings is 1. The van der Waals surface area contributed by atoms with Crippen LogP contribution in [0.2, 0.25) is 0 Å². The van der Waals surface area contributed by atoms with Gasteiger partial charge in [-0.05, 0) is 66.8 Å². The molecule has 0 spiro atoms. The first-order valence-corrected chi connectivity index (χ1v) is 7.48. The SMILES string of the molecule is Cc1cc(N)ccc1-c1nnnn1CCC1CCCCO1. The molecule has 6 nitrogen and oxygen atoms in total. The second-order valence-corrected chi connectivity index (χ2v) is 5.58. The molecule has 0 bridgehead atoms. The number of hydrogen-bond donors (Lipinski definition) is 1. The Morgan fingerprint density at radius 1 is 1.38 bits per heavy atom. The fourth-order valence-corrected chi connectivity index (χ4v) is 2.79. The zero-order valence-electron chi connectivity index (χ0n) is 12.3. The van der Waals surface area contributed by atoms with Crippen LogP contribution in [-0.2, 0) is 11.3 Å². The van der Waals surface area contributed by atoms with E-state index in [0.29, 0.717) is 6.10 Å². The van der Waals surface area contributed by atoms with Crippen molar-refractivity contribution in [2.24, 2.45) is 0 Å². The third kappa shape index (κ3) is 3.21. The first-order valence-electron chi connectivity index (χ1n) is 7.48. The highest BCUT2D eigenvalue weighted by atomic mass is 16.5. The summed E-state index contributed by atoms with van der Waals surface area (Å²) in [7, 11) is 0. The molecule has 1 aliphatic rings. The number of nitrogen functional groups attached to an aromatic ring is 1. The lowest BCUT2D eigenvalue weighted by atomic mass is 10.1. The van der Waals surface area contributed by atoms with Crippen LogP contribution in [0.4, 0.5) is 5.69 Å². The summed E-state index contributed by atoms with van der Waals surface area (Å²) in [6, 6.07) is 5.80. The second-order valence-electron chi connectivity index (χ2n) is 5.58. The van der Waals surface area contributed by atoms with Crippen molar-refractivity contribution in [3.63, 3.8) is 0 Å². The fourth-order valence-electron chi connectivity index (χ4n) is 2.79. The van der Waals surface area contributed by atoms with Gasteiger partial charge in [0.15, 0.2) is 5.82 Å². The monoisotopic (exact) mass is 287 g/mol. The van der Waals surface area contributed by atoms with Crippen LogP contribution in [0, 0.1) is 6.92 Å². The smallest absolute Gasteiger partial charge is 0.182 e. The molecule has 1 aliphatic heterocycles. The van der Waals surface area contributed by atoms with Crippen molar-refractivity contribution < 1.29 is 4.74 Å². The number of benzene rings is 1. The van der Waals surface area contributed by atoms with Crippen LogP contribution in [-0.4, -0.2) is 32.9 Å². The maximum Gasteiger partial charge on any atom is 0.182 e. The van der Waals surface area contributed by atoms with E-state index in [-0.39, 0.29) is 0 Å². The number of ether oxygens (including phenoxy) is 1. The van der Waals surface area contributed by atoms with Gasteiger partial charge >= 0.3 is 0 Å². The van der Waals surface area contributed by atoms with Crippen molar-refractivity contribution in [1.29, 1.82) is 0 Å². The second kappa shape index (κ2) is 6.22. The molecule has 2 heterocycles. The van der Waals surface area contributed by atoms with Gasteiger partial charge in [-0.15, -0.1) is 5.10 Å². The van der Waals surface area contributed by atoms with Crippen LogP contribution in [0.5, 0.6) is 0 Å². The molecular formula is C15H21N5O. The molecule has 0 amide bonds. The van der Waals surface area contributed by atoms with Gasteiger partial charge in [-0.25, -0.2) is 4.68 Å². The van der Waals surface area contributed by atoms with Crippen LogP contribution in [0.15, 0.2) is 18.2 Å². The highest BCUT2D eigenvalue weighted by Gasteiger charge is 2.16. The standard InChI is InChI=1S/C15H21N5O/c1-11-10-12(16)5-6-14(11)15-17-18-19-20(15)8-7-13-4-2-3-9-21-13/h5-6,10,13H,2-4,7-9,16H2,1H3. The Labute approximate surface area is 124 Å². The molecule has 2 N–H and O–H groups in total. The van der Waals surface area contributed by atoms with Crippen molar-refractivity contribution in [1.82, 2.24) is 20.2 Å². The minimum atomic E-state index is 0.336. The topological polar surface area (TPSA) is 78.9 Å². The Hall–Kier alpha value is -1.95. The van der Waals surface area contributed by atoms with Crippen molar-refractivity contribution >= 4 is 5.69 Å². The molecule has 0 saturated carbocycles. The summed E-state index contributed by atoms with van der Waals surface area (Å²) in [4.78, 5) is 0. The summed E-state index contributed by atoms with van der Waals surface area (Å²) in [5.41, 5.74) is 8.67. The largest absolute Gasteiger partial charge is 0.399 e. The lowest BCUT2D eigenvalue weighted by Crippen LogP contribution is -2.21. The van der Waals surface area contributed by atoms with E-state index in [9.17, 15) is 0 Å². The van der Waals surface area contributed by atoms with Gasteiger partial charge in [-0.1, -0.05) is 0 Å². The van der Waals surface area contributed by atoms with E-state index in [1.54, 1.807) is 0 Å². The Kier molecular flexibility index (Phi) is 4.15. The Morgan fingerprint density at radius 2 is 2.29 bits per heavy atom. The highest BCUT2D eigenvalue weighted by molar-refractivity contribution is 5.63. The number of anilines is 1. The van der Waals surface area contributed by atoms with Gasteiger partial charge in [-0.3, -0.25) is 0 Å². The van der Waals surface area contributed by atoms with Gasteiger partial charge in [0.25, 0.3) is 0 Å². The predicted octanol–water partition coefficient (Wildman–Crippen LogP) is 2.19. The van der Waals surface area contributed by atoms with Gasteiger partial charge in [0, 0.05) is 24.4 Å². The number of aryl methyl sites for hydroxylation is 2. The van der Waals surface area contributed by atoms with E-state index in [0.717, 1.165) is 48.6 Å². The maximum absolute atomic E-state index is 5.80. The van der Waals surface area contributed by atoms with Crippen LogP contribution in [0.3, 0.4) is 0 Å². The zero-order chi connectivity index (χ0) is 14.7. The van der Waals surface area contributed by atoms with Crippen LogP contribution >= 0.6 is 0 Å². The molecule has 1 fully saturated rings. The molecule has 0 radical (unpaired) electrons. The highest BCUT2D eigenvalue weighted by Crippen LogP contribution is 2.23. The lowest BCUT2D eigenvalue weighted by Gasteiger charge is -2.22. The summed E-state index contributed by atoms with van der Waals surface area (Å²) < 4.78 is 7.62. The van der Waals surface area contributed by atoms with E-state index in [2.05, 4.69) is 15.5 Å². The third-order valence-electron chi connectivity index (χ3n) is 3.96.